The van der Waals surface area contributed by atoms with Crippen molar-refractivity contribution in [2.75, 3.05) is 18.8 Å². The average Bonchev–Trinajstić information content (AvgIpc) is 3.10. The molecule has 3 rings (SSSR count). The molecule has 2 heterocycles. The standard InChI is InChI=1S/C17H20N4O2S/c1-12-15(10-18-16(22)11-20-8-9-24-17(20)23)13(2)21(19-12)14-6-4-3-5-7-14/h3-7H,8-11H2,1-2H3,(H,18,22). The van der Waals surface area contributed by atoms with Crippen LogP contribution in [0, 0.1) is 13.8 Å². The van der Waals surface area contributed by atoms with Gasteiger partial charge in [0, 0.05) is 30.1 Å². The summed E-state index contributed by atoms with van der Waals surface area (Å²) in [6.07, 6.45) is 0. The molecule has 0 spiro atoms. The van der Waals surface area contributed by atoms with Crippen molar-refractivity contribution in [3.05, 3.63) is 47.3 Å². The number of hydrogen-bond donors (Lipinski definition) is 1. The van der Waals surface area contributed by atoms with Crippen LogP contribution in [0.1, 0.15) is 17.0 Å². The van der Waals surface area contributed by atoms with E-state index in [1.807, 2.05) is 48.9 Å². The fraction of sp³-hybridized carbons (Fsp3) is 0.353. The molecule has 1 N–H and O–H groups in total. The number of aryl methyl sites for hydroxylation is 1. The molecule has 0 bridgehead atoms. The molecular weight excluding hydrogens is 324 g/mol. The fourth-order valence-electron chi connectivity index (χ4n) is 2.74. The highest BCUT2D eigenvalue weighted by atomic mass is 32.2. The molecule has 126 valence electrons. The zero-order valence-corrected chi connectivity index (χ0v) is 14.6. The molecule has 2 amide bonds. The van der Waals surface area contributed by atoms with E-state index in [0.29, 0.717) is 13.1 Å². The lowest BCUT2D eigenvalue weighted by molar-refractivity contribution is -0.121. The first kappa shape index (κ1) is 16.6. The van der Waals surface area contributed by atoms with Crippen LogP contribution in [-0.4, -0.2) is 44.7 Å². The van der Waals surface area contributed by atoms with Gasteiger partial charge in [-0.2, -0.15) is 5.10 Å². The van der Waals surface area contributed by atoms with Crippen LogP contribution in [-0.2, 0) is 11.3 Å². The van der Waals surface area contributed by atoms with Crippen molar-refractivity contribution in [3.63, 3.8) is 0 Å². The van der Waals surface area contributed by atoms with Gasteiger partial charge in [0.25, 0.3) is 5.24 Å². The van der Waals surface area contributed by atoms with Gasteiger partial charge in [-0.25, -0.2) is 4.68 Å². The lowest BCUT2D eigenvalue weighted by Gasteiger charge is -2.14. The summed E-state index contributed by atoms with van der Waals surface area (Å²) in [5.41, 5.74) is 3.90. The predicted octanol–water partition coefficient (Wildman–Crippen LogP) is 2.27. The quantitative estimate of drug-likeness (QED) is 0.903. The van der Waals surface area contributed by atoms with Gasteiger partial charge in [0.05, 0.1) is 11.4 Å². The Hall–Kier alpha value is -2.28. The van der Waals surface area contributed by atoms with Gasteiger partial charge >= 0.3 is 0 Å². The van der Waals surface area contributed by atoms with E-state index in [9.17, 15) is 9.59 Å². The first-order valence-corrected chi connectivity index (χ1v) is 8.83. The Kier molecular flexibility index (Phi) is 4.89. The van der Waals surface area contributed by atoms with E-state index in [2.05, 4.69) is 10.4 Å². The van der Waals surface area contributed by atoms with Crippen molar-refractivity contribution in [1.82, 2.24) is 20.0 Å². The summed E-state index contributed by atoms with van der Waals surface area (Å²) in [7, 11) is 0. The molecule has 7 heteroatoms. The lowest BCUT2D eigenvalue weighted by Crippen LogP contribution is -2.37. The minimum atomic E-state index is -0.142. The number of nitrogens with zero attached hydrogens (tertiary/aromatic N) is 3. The first-order valence-electron chi connectivity index (χ1n) is 7.85. The Labute approximate surface area is 145 Å². The van der Waals surface area contributed by atoms with Crippen LogP contribution in [0.2, 0.25) is 0 Å². The van der Waals surface area contributed by atoms with E-state index in [4.69, 9.17) is 0 Å². The van der Waals surface area contributed by atoms with Gasteiger partial charge in [0.2, 0.25) is 5.91 Å². The van der Waals surface area contributed by atoms with E-state index < -0.39 is 0 Å². The molecule has 24 heavy (non-hydrogen) atoms. The summed E-state index contributed by atoms with van der Waals surface area (Å²) in [6.45, 7) is 5.11. The van der Waals surface area contributed by atoms with Gasteiger partial charge in [-0.15, -0.1) is 0 Å². The second-order valence-corrected chi connectivity index (χ2v) is 6.76. The molecule has 0 aliphatic carbocycles. The summed E-state index contributed by atoms with van der Waals surface area (Å²) in [5, 5.41) is 7.45. The van der Waals surface area contributed by atoms with Gasteiger partial charge in [0.1, 0.15) is 6.54 Å². The second-order valence-electron chi connectivity index (χ2n) is 5.71. The van der Waals surface area contributed by atoms with Crippen LogP contribution in [0.4, 0.5) is 4.79 Å². The highest BCUT2D eigenvalue weighted by molar-refractivity contribution is 8.13. The van der Waals surface area contributed by atoms with E-state index >= 15 is 0 Å². The fourth-order valence-corrected chi connectivity index (χ4v) is 3.56. The smallest absolute Gasteiger partial charge is 0.282 e. The van der Waals surface area contributed by atoms with E-state index in [0.717, 1.165) is 28.4 Å². The SMILES string of the molecule is Cc1nn(-c2ccccc2)c(C)c1CNC(=O)CN1CCSC1=O. The molecule has 0 radical (unpaired) electrons. The third kappa shape index (κ3) is 3.46. The number of aromatic nitrogens is 2. The molecule has 1 aromatic carbocycles. The number of rotatable bonds is 5. The summed E-state index contributed by atoms with van der Waals surface area (Å²) < 4.78 is 1.89. The van der Waals surface area contributed by atoms with Gasteiger partial charge in [-0.05, 0) is 26.0 Å². The summed E-state index contributed by atoms with van der Waals surface area (Å²) in [6, 6.07) is 9.90. The Morgan fingerprint density at radius 2 is 2.04 bits per heavy atom. The summed E-state index contributed by atoms with van der Waals surface area (Å²) >= 11 is 1.26. The number of hydrogen-bond acceptors (Lipinski definition) is 4. The summed E-state index contributed by atoms with van der Waals surface area (Å²) in [5.74, 6) is 0.617. The lowest BCUT2D eigenvalue weighted by atomic mass is 10.2. The molecular formula is C17H20N4O2S. The molecule has 6 nitrogen and oxygen atoms in total. The molecule has 0 saturated carbocycles. The number of nitrogens with one attached hydrogen (secondary N) is 1. The van der Waals surface area contributed by atoms with Crippen LogP contribution in [0.25, 0.3) is 5.69 Å². The Bertz CT molecular complexity index is 757. The number of carbonyl (C=O) groups excluding carboxylic acids is 2. The number of benzene rings is 1. The first-order chi connectivity index (χ1) is 11.6. The monoisotopic (exact) mass is 344 g/mol. The van der Waals surface area contributed by atoms with Gasteiger partial charge in [-0.1, -0.05) is 30.0 Å². The predicted molar refractivity (Wildman–Crippen MR) is 94.3 cm³/mol. The largest absolute Gasteiger partial charge is 0.350 e. The highest BCUT2D eigenvalue weighted by Gasteiger charge is 2.23. The minimum Gasteiger partial charge on any atom is -0.350 e. The Morgan fingerprint density at radius 1 is 1.29 bits per heavy atom. The second kappa shape index (κ2) is 7.09. The molecule has 2 aromatic rings. The Balaban J connectivity index is 1.66. The van der Waals surface area contributed by atoms with E-state index in [-0.39, 0.29) is 17.7 Å². The normalized spacial score (nSPS) is 14.2. The van der Waals surface area contributed by atoms with Crippen molar-refractivity contribution < 1.29 is 9.59 Å². The average molecular weight is 344 g/mol. The van der Waals surface area contributed by atoms with Crippen molar-refractivity contribution in [3.8, 4) is 5.69 Å². The molecule has 1 saturated heterocycles. The van der Waals surface area contributed by atoms with Crippen molar-refractivity contribution in [2.45, 2.75) is 20.4 Å². The van der Waals surface area contributed by atoms with Crippen molar-refractivity contribution >= 4 is 22.9 Å². The third-order valence-electron chi connectivity index (χ3n) is 4.08. The van der Waals surface area contributed by atoms with Crippen LogP contribution < -0.4 is 5.32 Å². The van der Waals surface area contributed by atoms with Crippen LogP contribution in [0.15, 0.2) is 30.3 Å². The number of carbonyl (C=O) groups is 2. The Morgan fingerprint density at radius 3 is 2.71 bits per heavy atom. The zero-order chi connectivity index (χ0) is 17.1. The molecule has 0 atom stereocenters. The summed E-state index contributed by atoms with van der Waals surface area (Å²) in [4.78, 5) is 25.2. The third-order valence-corrected chi connectivity index (χ3v) is 4.98. The molecule has 1 aromatic heterocycles. The van der Waals surface area contributed by atoms with Crippen LogP contribution in [0.3, 0.4) is 0 Å². The number of thioether (sulfide) groups is 1. The van der Waals surface area contributed by atoms with Crippen LogP contribution >= 0.6 is 11.8 Å². The maximum Gasteiger partial charge on any atom is 0.282 e. The van der Waals surface area contributed by atoms with Gasteiger partial charge < -0.3 is 10.2 Å². The molecule has 1 aliphatic rings. The number of para-hydroxylation sites is 1. The van der Waals surface area contributed by atoms with Gasteiger partial charge in [-0.3, -0.25) is 9.59 Å². The highest BCUT2D eigenvalue weighted by Crippen LogP contribution is 2.18. The van der Waals surface area contributed by atoms with Crippen LogP contribution in [0.5, 0.6) is 0 Å². The van der Waals surface area contributed by atoms with Crippen molar-refractivity contribution in [2.24, 2.45) is 0 Å². The van der Waals surface area contributed by atoms with E-state index in [1.54, 1.807) is 4.90 Å². The minimum absolute atomic E-state index is 0.0191. The zero-order valence-electron chi connectivity index (χ0n) is 13.8. The molecule has 1 aliphatic heterocycles. The van der Waals surface area contributed by atoms with Crippen molar-refractivity contribution in [1.29, 1.82) is 0 Å². The van der Waals surface area contributed by atoms with E-state index in [1.165, 1.54) is 11.8 Å². The topological polar surface area (TPSA) is 67.2 Å². The maximum atomic E-state index is 12.1. The molecule has 0 unspecified atom stereocenters. The maximum absolute atomic E-state index is 12.1. The molecule has 1 fully saturated rings. The number of amides is 2. The van der Waals surface area contributed by atoms with Gasteiger partial charge in [0.15, 0.2) is 0 Å².